The highest BCUT2D eigenvalue weighted by Gasteiger charge is 2.22. The molecule has 1 saturated heterocycles. The molecule has 96 valence electrons. The number of benzene rings is 1. The molecule has 0 spiro atoms. The summed E-state index contributed by atoms with van der Waals surface area (Å²) in [5, 5.41) is 8.94. The lowest BCUT2D eigenvalue weighted by Gasteiger charge is -2.32. The number of ether oxygens (including phenoxy) is 2. The average Bonchev–Trinajstić information content (AvgIpc) is 2.39. The highest BCUT2D eigenvalue weighted by molar-refractivity contribution is 5.59. The second-order valence-electron chi connectivity index (χ2n) is 4.57. The summed E-state index contributed by atoms with van der Waals surface area (Å²) in [6, 6.07) is 10.1. The molecular formula is C14H18N2O2. The number of anilines is 1. The quantitative estimate of drug-likeness (QED) is 0.820. The molecule has 18 heavy (non-hydrogen) atoms. The zero-order valence-corrected chi connectivity index (χ0v) is 10.8. The Morgan fingerprint density at radius 2 is 2.22 bits per heavy atom. The van der Waals surface area contributed by atoms with Crippen LogP contribution in [0.25, 0.3) is 0 Å². The summed E-state index contributed by atoms with van der Waals surface area (Å²) in [6.45, 7) is 5.97. The molecule has 0 radical (unpaired) electrons. The maximum Gasteiger partial charge on any atom is 0.161 e. The van der Waals surface area contributed by atoms with Gasteiger partial charge in [0, 0.05) is 6.54 Å². The monoisotopic (exact) mass is 246 g/mol. The van der Waals surface area contributed by atoms with Crippen LogP contribution in [0.2, 0.25) is 0 Å². The number of nitrogens with zero attached hydrogens (tertiary/aromatic N) is 2. The molecule has 1 aliphatic heterocycles. The zero-order valence-electron chi connectivity index (χ0n) is 10.8. The first kappa shape index (κ1) is 12.7. The molecule has 4 heteroatoms. The number of nitriles is 1. The van der Waals surface area contributed by atoms with Crippen LogP contribution >= 0.6 is 0 Å². The molecule has 0 aromatic heterocycles. The first-order valence-corrected chi connectivity index (χ1v) is 6.22. The lowest BCUT2D eigenvalue weighted by Crippen LogP contribution is -2.42. The van der Waals surface area contributed by atoms with E-state index in [1.165, 1.54) is 0 Å². The summed E-state index contributed by atoms with van der Waals surface area (Å²) in [5.74, 6) is 0.867. The Hall–Kier alpha value is -1.73. The summed E-state index contributed by atoms with van der Waals surface area (Å²) in [4.78, 5) is 2.15. The summed E-state index contributed by atoms with van der Waals surface area (Å²) >= 11 is 0. The molecule has 1 fully saturated rings. The largest absolute Gasteiger partial charge is 0.489 e. The van der Waals surface area contributed by atoms with E-state index in [0.717, 1.165) is 18.0 Å². The standard InChI is InChI=1S/C14H18N2O2/c1-11(2)18-14-6-4-3-5-13(14)16-7-8-17-12(9-15)10-16/h3-6,11-12H,7-8,10H2,1-2H3. The van der Waals surface area contributed by atoms with Crippen molar-refractivity contribution in [2.45, 2.75) is 26.1 Å². The van der Waals surface area contributed by atoms with Gasteiger partial charge in [-0.3, -0.25) is 0 Å². The Labute approximate surface area is 108 Å². The van der Waals surface area contributed by atoms with Crippen molar-refractivity contribution in [2.75, 3.05) is 24.6 Å². The average molecular weight is 246 g/mol. The van der Waals surface area contributed by atoms with Crippen molar-refractivity contribution >= 4 is 5.69 Å². The smallest absolute Gasteiger partial charge is 0.161 e. The third-order valence-electron chi connectivity index (χ3n) is 2.78. The van der Waals surface area contributed by atoms with Gasteiger partial charge < -0.3 is 14.4 Å². The minimum absolute atomic E-state index is 0.138. The van der Waals surface area contributed by atoms with Crippen molar-refractivity contribution in [3.05, 3.63) is 24.3 Å². The summed E-state index contributed by atoms with van der Waals surface area (Å²) in [6.07, 6.45) is -0.218. The molecule has 1 unspecified atom stereocenters. The lowest BCUT2D eigenvalue weighted by atomic mass is 10.2. The summed E-state index contributed by atoms with van der Waals surface area (Å²) in [5.41, 5.74) is 1.04. The fraction of sp³-hybridized carbons (Fsp3) is 0.500. The van der Waals surface area contributed by atoms with E-state index >= 15 is 0 Å². The molecule has 1 aromatic carbocycles. The van der Waals surface area contributed by atoms with Gasteiger partial charge in [0.1, 0.15) is 5.75 Å². The van der Waals surface area contributed by atoms with Crippen molar-refractivity contribution in [3.8, 4) is 11.8 Å². The molecule has 0 aliphatic carbocycles. The van der Waals surface area contributed by atoms with Crippen molar-refractivity contribution in [3.63, 3.8) is 0 Å². The second kappa shape index (κ2) is 5.74. The molecule has 4 nitrogen and oxygen atoms in total. The topological polar surface area (TPSA) is 45.5 Å². The van der Waals surface area contributed by atoms with Crippen LogP contribution in [0, 0.1) is 11.3 Å². The Morgan fingerprint density at radius 3 is 2.94 bits per heavy atom. The van der Waals surface area contributed by atoms with Gasteiger partial charge in [0.25, 0.3) is 0 Å². The van der Waals surface area contributed by atoms with Gasteiger partial charge in [-0.1, -0.05) is 12.1 Å². The van der Waals surface area contributed by atoms with E-state index in [4.69, 9.17) is 14.7 Å². The van der Waals surface area contributed by atoms with E-state index in [0.29, 0.717) is 13.2 Å². The number of hydrogen-bond donors (Lipinski definition) is 0. The third-order valence-corrected chi connectivity index (χ3v) is 2.78. The van der Waals surface area contributed by atoms with Gasteiger partial charge in [0.2, 0.25) is 0 Å². The normalized spacial score (nSPS) is 19.7. The van der Waals surface area contributed by atoms with Gasteiger partial charge in [-0.25, -0.2) is 0 Å². The van der Waals surface area contributed by atoms with Crippen LogP contribution in [-0.2, 0) is 4.74 Å². The van der Waals surface area contributed by atoms with E-state index in [1.54, 1.807) is 0 Å². The number of hydrogen-bond acceptors (Lipinski definition) is 4. The minimum Gasteiger partial charge on any atom is -0.489 e. The van der Waals surface area contributed by atoms with Gasteiger partial charge in [-0.15, -0.1) is 0 Å². The second-order valence-corrected chi connectivity index (χ2v) is 4.57. The highest BCUT2D eigenvalue weighted by atomic mass is 16.5. The Kier molecular flexibility index (Phi) is 4.06. The maximum absolute atomic E-state index is 8.94. The van der Waals surface area contributed by atoms with E-state index in [9.17, 15) is 0 Å². The first-order chi connectivity index (χ1) is 8.70. The third kappa shape index (κ3) is 2.93. The van der Waals surface area contributed by atoms with Gasteiger partial charge in [0.05, 0.1) is 31.0 Å². The Morgan fingerprint density at radius 1 is 1.44 bits per heavy atom. The predicted octanol–water partition coefficient (Wildman–Crippen LogP) is 2.20. The molecular weight excluding hydrogens is 228 g/mol. The van der Waals surface area contributed by atoms with Crippen LogP contribution in [0.4, 0.5) is 5.69 Å². The molecule has 0 amide bonds. The zero-order chi connectivity index (χ0) is 13.0. The van der Waals surface area contributed by atoms with E-state index < -0.39 is 0 Å². The summed E-state index contributed by atoms with van der Waals surface area (Å²) < 4.78 is 11.2. The Balaban J connectivity index is 2.19. The van der Waals surface area contributed by atoms with E-state index in [1.807, 2.05) is 38.1 Å². The molecule has 0 N–H and O–H groups in total. The van der Waals surface area contributed by atoms with Crippen LogP contribution in [0.5, 0.6) is 5.75 Å². The molecule has 1 aliphatic rings. The van der Waals surface area contributed by atoms with Crippen LogP contribution in [0.1, 0.15) is 13.8 Å². The molecule has 0 bridgehead atoms. The number of rotatable bonds is 3. The predicted molar refractivity (Wildman–Crippen MR) is 69.8 cm³/mol. The van der Waals surface area contributed by atoms with E-state index in [-0.39, 0.29) is 12.2 Å². The fourth-order valence-corrected chi connectivity index (χ4v) is 2.02. The van der Waals surface area contributed by atoms with Gasteiger partial charge >= 0.3 is 0 Å². The molecule has 0 saturated carbocycles. The van der Waals surface area contributed by atoms with Crippen molar-refractivity contribution in [1.29, 1.82) is 5.26 Å². The van der Waals surface area contributed by atoms with Gasteiger partial charge in [0.15, 0.2) is 6.10 Å². The van der Waals surface area contributed by atoms with Crippen molar-refractivity contribution in [2.24, 2.45) is 0 Å². The summed E-state index contributed by atoms with van der Waals surface area (Å²) in [7, 11) is 0. The molecule has 1 atom stereocenters. The highest BCUT2D eigenvalue weighted by Crippen LogP contribution is 2.30. The SMILES string of the molecule is CC(C)Oc1ccccc1N1CCOC(C#N)C1. The van der Waals surface area contributed by atoms with Crippen LogP contribution in [0.3, 0.4) is 0 Å². The minimum atomic E-state index is -0.356. The van der Waals surface area contributed by atoms with Crippen LogP contribution in [0.15, 0.2) is 24.3 Å². The van der Waals surface area contributed by atoms with Crippen molar-refractivity contribution < 1.29 is 9.47 Å². The van der Waals surface area contributed by atoms with Crippen LogP contribution < -0.4 is 9.64 Å². The van der Waals surface area contributed by atoms with Gasteiger partial charge in [-0.05, 0) is 26.0 Å². The van der Waals surface area contributed by atoms with Crippen LogP contribution in [-0.4, -0.2) is 31.9 Å². The first-order valence-electron chi connectivity index (χ1n) is 6.22. The Bertz CT molecular complexity index is 440. The molecule has 1 aromatic rings. The fourth-order valence-electron chi connectivity index (χ4n) is 2.02. The maximum atomic E-state index is 8.94. The number of para-hydroxylation sites is 2. The van der Waals surface area contributed by atoms with E-state index in [2.05, 4.69) is 11.0 Å². The molecule has 1 heterocycles. The lowest BCUT2D eigenvalue weighted by molar-refractivity contribution is 0.0761. The number of morpholine rings is 1. The van der Waals surface area contributed by atoms with Crippen molar-refractivity contribution in [1.82, 2.24) is 0 Å². The van der Waals surface area contributed by atoms with Gasteiger partial charge in [-0.2, -0.15) is 5.26 Å². The molecule has 2 rings (SSSR count).